The maximum Gasteiger partial charge on any atom is 0.267 e. The summed E-state index contributed by atoms with van der Waals surface area (Å²) in [6.45, 7) is 4.01. The van der Waals surface area contributed by atoms with Gasteiger partial charge < -0.3 is 5.11 Å². The molecule has 25 heavy (non-hydrogen) atoms. The highest BCUT2D eigenvalue weighted by molar-refractivity contribution is 7.86. The predicted molar refractivity (Wildman–Crippen MR) is 107 cm³/mol. The Hall–Kier alpha value is -0.130. The highest BCUT2D eigenvalue weighted by Crippen LogP contribution is 2.19. The molecule has 0 aromatic carbocycles. The summed E-state index contributed by atoms with van der Waals surface area (Å²) in [6.07, 6.45) is 16.4. The molecule has 0 fully saturated rings. The minimum atomic E-state index is -3.90. The van der Waals surface area contributed by atoms with E-state index < -0.39 is 15.4 Å². The van der Waals surface area contributed by atoms with Crippen molar-refractivity contribution in [2.45, 2.75) is 128 Å². The van der Waals surface area contributed by atoms with Gasteiger partial charge in [0.15, 0.2) is 0 Å². The molecule has 4 nitrogen and oxygen atoms in total. The highest BCUT2D eigenvalue weighted by atomic mass is 32.2. The van der Waals surface area contributed by atoms with Gasteiger partial charge in [0.1, 0.15) is 0 Å². The van der Waals surface area contributed by atoms with Gasteiger partial charge in [-0.3, -0.25) is 4.55 Å². The lowest BCUT2D eigenvalue weighted by atomic mass is 10.0. The first-order chi connectivity index (χ1) is 11.9. The average molecular weight is 379 g/mol. The van der Waals surface area contributed by atoms with Gasteiger partial charge in [-0.1, -0.05) is 90.4 Å². The quantitative estimate of drug-likeness (QED) is 0.230. The summed E-state index contributed by atoms with van der Waals surface area (Å²) in [7, 11) is -3.90. The van der Waals surface area contributed by atoms with Crippen molar-refractivity contribution < 1.29 is 18.1 Å². The lowest BCUT2D eigenvalue weighted by Gasteiger charge is -2.13. The molecule has 152 valence electrons. The lowest BCUT2D eigenvalue weighted by Crippen LogP contribution is -2.20. The first-order valence-corrected chi connectivity index (χ1v) is 12.0. The second-order valence-electron chi connectivity index (χ2n) is 7.59. The van der Waals surface area contributed by atoms with Crippen LogP contribution in [0.15, 0.2) is 0 Å². The van der Waals surface area contributed by atoms with Crippen LogP contribution in [0.5, 0.6) is 0 Å². The topological polar surface area (TPSA) is 74.6 Å². The van der Waals surface area contributed by atoms with E-state index in [-0.39, 0.29) is 6.10 Å². The molecule has 0 heterocycles. The van der Waals surface area contributed by atoms with Crippen molar-refractivity contribution in [1.29, 1.82) is 0 Å². The number of aliphatic hydroxyl groups is 1. The van der Waals surface area contributed by atoms with E-state index in [0.29, 0.717) is 12.8 Å². The van der Waals surface area contributed by atoms with Crippen LogP contribution < -0.4 is 0 Å². The summed E-state index contributed by atoms with van der Waals surface area (Å²) < 4.78 is 32.5. The molecule has 0 aliphatic rings. The number of aliphatic hydroxyl groups excluding tert-OH is 1. The fraction of sp³-hybridized carbons (Fsp3) is 1.00. The molecular formula is C20H42O4S. The van der Waals surface area contributed by atoms with Crippen molar-refractivity contribution in [1.82, 2.24) is 0 Å². The molecule has 2 atom stereocenters. The van der Waals surface area contributed by atoms with Crippen LogP contribution in [0.25, 0.3) is 0 Å². The van der Waals surface area contributed by atoms with Gasteiger partial charge in [-0.25, -0.2) is 0 Å². The molecule has 0 saturated carbocycles. The Morgan fingerprint density at radius 2 is 1.04 bits per heavy atom. The predicted octanol–water partition coefficient (Wildman–Crippen LogP) is 5.89. The molecule has 2 N–H and O–H groups in total. The van der Waals surface area contributed by atoms with E-state index in [1.807, 2.05) is 6.92 Å². The van der Waals surface area contributed by atoms with Gasteiger partial charge in [0.05, 0.1) is 11.4 Å². The average Bonchev–Trinajstić information content (AvgIpc) is 2.53. The monoisotopic (exact) mass is 378 g/mol. The molecule has 2 unspecified atom stereocenters. The second-order valence-corrected chi connectivity index (χ2v) is 9.29. The first-order valence-electron chi connectivity index (χ1n) is 10.5. The molecule has 0 aliphatic carbocycles. The molecule has 5 heteroatoms. The third-order valence-corrected chi connectivity index (χ3v) is 6.26. The van der Waals surface area contributed by atoms with E-state index >= 15 is 0 Å². The van der Waals surface area contributed by atoms with Crippen LogP contribution in [0.1, 0.15) is 117 Å². The molecule has 0 spiro atoms. The Balaban J connectivity index is 3.70. The van der Waals surface area contributed by atoms with Crippen molar-refractivity contribution in [3.63, 3.8) is 0 Å². The molecule has 0 rings (SSSR count). The van der Waals surface area contributed by atoms with Crippen LogP contribution >= 0.6 is 0 Å². The minimum absolute atomic E-state index is 0.191. The Morgan fingerprint density at radius 3 is 1.40 bits per heavy atom. The van der Waals surface area contributed by atoms with E-state index in [0.717, 1.165) is 51.4 Å². The largest absolute Gasteiger partial charge is 0.393 e. The SMILES string of the molecule is CCCCCCCCC(CCCCCCCCCC(C)O)S(=O)(=O)O. The smallest absolute Gasteiger partial charge is 0.267 e. The molecular weight excluding hydrogens is 336 g/mol. The molecule has 0 radical (unpaired) electrons. The summed E-state index contributed by atoms with van der Waals surface area (Å²) in [5.41, 5.74) is 0. The van der Waals surface area contributed by atoms with E-state index in [4.69, 9.17) is 0 Å². The summed E-state index contributed by atoms with van der Waals surface area (Å²) in [4.78, 5) is 0. The Bertz CT molecular complexity index is 379. The Kier molecular flexibility index (Phi) is 16.0. The summed E-state index contributed by atoms with van der Waals surface area (Å²) in [5.74, 6) is 0. The van der Waals surface area contributed by atoms with Crippen LogP contribution in [0.3, 0.4) is 0 Å². The van der Waals surface area contributed by atoms with Gasteiger partial charge in [0, 0.05) is 0 Å². The zero-order valence-electron chi connectivity index (χ0n) is 16.6. The van der Waals surface area contributed by atoms with Crippen molar-refractivity contribution in [2.24, 2.45) is 0 Å². The van der Waals surface area contributed by atoms with Crippen molar-refractivity contribution in [2.75, 3.05) is 0 Å². The van der Waals surface area contributed by atoms with Crippen molar-refractivity contribution >= 4 is 10.1 Å². The van der Waals surface area contributed by atoms with Crippen LogP contribution in [0.4, 0.5) is 0 Å². The number of hydrogen-bond acceptors (Lipinski definition) is 3. The van der Waals surface area contributed by atoms with E-state index in [2.05, 4.69) is 6.92 Å². The number of unbranched alkanes of at least 4 members (excludes halogenated alkanes) is 11. The van der Waals surface area contributed by atoms with Crippen LogP contribution in [-0.2, 0) is 10.1 Å². The van der Waals surface area contributed by atoms with Crippen LogP contribution in [-0.4, -0.2) is 29.4 Å². The fourth-order valence-electron chi connectivity index (χ4n) is 3.29. The Labute approximate surface area is 156 Å². The van der Waals surface area contributed by atoms with Gasteiger partial charge >= 0.3 is 0 Å². The van der Waals surface area contributed by atoms with Gasteiger partial charge in [-0.05, 0) is 26.2 Å². The highest BCUT2D eigenvalue weighted by Gasteiger charge is 2.21. The van der Waals surface area contributed by atoms with Gasteiger partial charge in [0.25, 0.3) is 10.1 Å². The van der Waals surface area contributed by atoms with E-state index in [9.17, 15) is 18.1 Å². The van der Waals surface area contributed by atoms with Crippen LogP contribution in [0, 0.1) is 0 Å². The molecule has 0 aromatic heterocycles. The third-order valence-electron chi connectivity index (χ3n) is 4.95. The molecule has 0 aromatic rings. The normalized spacial score (nSPS) is 14.6. The van der Waals surface area contributed by atoms with Gasteiger partial charge in [0.2, 0.25) is 0 Å². The molecule has 0 aliphatic heterocycles. The number of rotatable bonds is 18. The zero-order valence-corrected chi connectivity index (χ0v) is 17.4. The van der Waals surface area contributed by atoms with Crippen molar-refractivity contribution in [3.05, 3.63) is 0 Å². The second kappa shape index (κ2) is 16.1. The molecule has 0 saturated heterocycles. The molecule has 0 amide bonds. The van der Waals surface area contributed by atoms with Gasteiger partial charge in [-0.2, -0.15) is 8.42 Å². The lowest BCUT2D eigenvalue weighted by molar-refractivity contribution is 0.180. The van der Waals surface area contributed by atoms with Gasteiger partial charge in [-0.15, -0.1) is 0 Å². The first kappa shape index (κ1) is 24.9. The maximum absolute atomic E-state index is 11.5. The summed E-state index contributed by atoms with van der Waals surface area (Å²) in [6, 6.07) is 0. The maximum atomic E-state index is 11.5. The minimum Gasteiger partial charge on any atom is -0.393 e. The fourth-order valence-corrected chi connectivity index (χ4v) is 4.22. The van der Waals surface area contributed by atoms with Crippen LogP contribution in [0.2, 0.25) is 0 Å². The van der Waals surface area contributed by atoms with E-state index in [1.54, 1.807) is 0 Å². The van der Waals surface area contributed by atoms with E-state index in [1.165, 1.54) is 38.5 Å². The summed E-state index contributed by atoms with van der Waals surface area (Å²) in [5, 5.41) is 8.62. The Morgan fingerprint density at radius 1 is 0.680 bits per heavy atom. The van der Waals surface area contributed by atoms with Crippen molar-refractivity contribution in [3.8, 4) is 0 Å². The standard InChI is InChI=1S/C20H42O4S/c1-3-4-5-6-11-14-17-20(25(22,23)24)18-15-12-9-7-8-10-13-16-19(2)21/h19-21H,3-18H2,1-2H3,(H,22,23,24). The third kappa shape index (κ3) is 17.1. The number of hydrogen-bond donors (Lipinski definition) is 2. The zero-order chi connectivity index (χ0) is 19.0. The summed E-state index contributed by atoms with van der Waals surface area (Å²) >= 11 is 0. The molecule has 0 bridgehead atoms.